The second-order valence-corrected chi connectivity index (χ2v) is 5.77. The molecule has 0 aromatic heterocycles. The first-order valence-corrected chi connectivity index (χ1v) is 5.79. The van der Waals surface area contributed by atoms with E-state index in [2.05, 4.69) is 36.7 Å². The molecule has 0 saturated heterocycles. The van der Waals surface area contributed by atoms with Gasteiger partial charge in [0.05, 0.1) is 0 Å². The summed E-state index contributed by atoms with van der Waals surface area (Å²) in [7, 11) is 0. The molecule has 0 fully saturated rings. The summed E-state index contributed by atoms with van der Waals surface area (Å²) in [4.78, 5) is 0. The molecule has 1 atom stereocenters. The molecule has 0 amide bonds. The zero-order valence-corrected chi connectivity index (χ0v) is 10.9. The van der Waals surface area contributed by atoms with E-state index >= 15 is 0 Å². The van der Waals surface area contributed by atoms with Crippen LogP contribution in [0.2, 0.25) is 0 Å². The van der Waals surface area contributed by atoms with Crippen LogP contribution in [0.1, 0.15) is 26.3 Å². The van der Waals surface area contributed by atoms with Gasteiger partial charge in [-0.1, -0.05) is 42.8 Å². The van der Waals surface area contributed by atoms with Gasteiger partial charge in [0.1, 0.15) is 5.82 Å². The molecule has 1 aromatic rings. The Hall–Kier alpha value is -0.410. The summed E-state index contributed by atoms with van der Waals surface area (Å²) in [6.07, 6.45) is 0.754. The van der Waals surface area contributed by atoms with E-state index in [1.807, 2.05) is 0 Å². The third-order valence-electron chi connectivity index (χ3n) is 2.57. The summed E-state index contributed by atoms with van der Waals surface area (Å²) in [5, 5.41) is 0. The quantitative estimate of drug-likeness (QED) is 0.877. The lowest BCUT2D eigenvalue weighted by atomic mass is 9.84. The van der Waals surface area contributed by atoms with Crippen molar-refractivity contribution >= 4 is 15.9 Å². The highest BCUT2D eigenvalue weighted by molar-refractivity contribution is 9.10. The number of benzene rings is 1. The minimum Gasteiger partial charge on any atom is -0.327 e. The third kappa shape index (κ3) is 3.58. The van der Waals surface area contributed by atoms with Crippen LogP contribution in [0.25, 0.3) is 0 Å². The zero-order valence-electron chi connectivity index (χ0n) is 9.35. The molecule has 3 heteroatoms. The smallest absolute Gasteiger partial charge is 0.124 e. The van der Waals surface area contributed by atoms with Crippen LogP contribution in [0.4, 0.5) is 4.39 Å². The predicted molar refractivity (Wildman–Crippen MR) is 65.2 cm³/mol. The molecule has 1 rings (SSSR count). The van der Waals surface area contributed by atoms with E-state index in [0.717, 1.165) is 16.5 Å². The molecule has 2 N–H and O–H groups in total. The largest absolute Gasteiger partial charge is 0.327 e. The van der Waals surface area contributed by atoms with Crippen LogP contribution in [0.3, 0.4) is 0 Å². The van der Waals surface area contributed by atoms with Crippen molar-refractivity contribution in [2.45, 2.75) is 33.2 Å². The fraction of sp³-hybridized carbons (Fsp3) is 0.500. The molecule has 0 spiro atoms. The van der Waals surface area contributed by atoms with Crippen molar-refractivity contribution in [2.24, 2.45) is 11.1 Å². The SMILES string of the molecule is CC(C)(C)C(N)Cc1ccc(F)cc1Br. The summed E-state index contributed by atoms with van der Waals surface area (Å²) < 4.78 is 13.7. The fourth-order valence-electron chi connectivity index (χ4n) is 1.23. The van der Waals surface area contributed by atoms with E-state index in [1.165, 1.54) is 12.1 Å². The number of halogens is 2. The van der Waals surface area contributed by atoms with Gasteiger partial charge in [0.2, 0.25) is 0 Å². The molecule has 0 heterocycles. The van der Waals surface area contributed by atoms with Gasteiger partial charge in [-0.25, -0.2) is 4.39 Å². The molecular formula is C12H17BrFN. The molecule has 0 aliphatic heterocycles. The van der Waals surface area contributed by atoms with Crippen LogP contribution in [-0.2, 0) is 6.42 Å². The van der Waals surface area contributed by atoms with Crippen molar-refractivity contribution in [3.63, 3.8) is 0 Å². The van der Waals surface area contributed by atoms with Crippen molar-refractivity contribution < 1.29 is 4.39 Å². The summed E-state index contributed by atoms with van der Waals surface area (Å²) in [5.74, 6) is -0.227. The highest BCUT2D eigenvalue weighted by Gasteiger charge is 2.21. The second-order valence-electron chi connectivity index (χ2n) is 4.91. The van der Waals surface area contributed by atoms with E-state index in [9.17, 15) is 4.39 Å². The number of nitrogens with two attached hydrogens (primary N) is 1. The van der Waals surface area contributed by atoms with Crippen molar-refractivity contribution in [3.05, 3.63) is 34.1 Å². The topological polar surface area (TPSA) is 26.0 Å². The van der Waals surface area contributed by atoms with E-state index in [4.69, 9.17) is 5.73 Å². The molecule has 0 aliphatic carbocycles. The highest BCUT2D eigenvalue weighted by Crippen LogP contribution is 2.25. The summed E-state index contributed by atoms with van der Waals surface area (Å²) in [6, 6.07) is 4.80. The van der Waals surface area contributed by atoms with Crippen molar-refractivity contribution in [3.8, 4) is 0 Å². The summed E-state index contributed by atoms with van der Waals surface area (Å²) in [6.45, 7) is 6.32. The highest BCUT2D eigenvalue weighted by atomic mass is 79.9. The Kier molecular flexibility index (Phi) is 3.90. The van der Waals surface area contributed by atoms with Crippen LogP contribution in [0, 0.1) is 11.2 Å². The Labute approximate surface area is 99.0 Å². The van der Waals surface area contributed by atoms with Gasteiger partial charge in [-0.3, -0.25) is 0 Å². The molecule has 1 unspecified atom stereocenters. The fourth-order valence-corrected chi connectivity index (χ4v) is 1.74. The van der Waals surface area contributed by atoms with E-state index in [1.54, 1.807) is 6.07 Å². The maximum atomic E-state index is 12.9. The van der Waals surface area contributed by atoms with Crippen molar-refractivity contribution in [1.29, 1.82) is 0 Å². The van der Waals surface area contributed by atoms with Crippen molar-refractivity contribution in [2.75, 3.05) is 0 Å². The Bertz CT molecular complexity index is 344. The zero-order chi connectivity index (χ0) is 11.6. The molecule has 0 radical (unpaired) electrons. The summed E-state index contributed by atoms with van der Waals surface area (Å²) >= 11 is 3.35. The van der Waals surface area contributed by atoms with Crippen LogP contribution in [0.5, 0.6) is 0 Å². The minimum absolute atomic E-state index is 0.0633. The van der Waals surface area contributed by atoms with Gasteiger partial charge in [0.25, 0.3) is 0 Å². The maximum Gasteiger partial charge on any atom is 0.124 e. The molecule has 0 aliphatic rings. The Balaban J connectivity index is 2.82. The average molecular weight is 274 g/mol. The van der Waals surface area contributed by atoms with Crippen LogP contribution < -0.4 is 5.73 Å². The molecule has 0 bridgehead atoms. The van der Waals surface area contributed by atoms with Gasteiger partial charge in [-0.15, -0.1) is 0 Å². The lowest BCUT2D eigenvalue weighted by molar-refractivity contribution is 0.318. The molecule has 0 saturated carbocycles. The first-order valence-electron chi connectivity index (χ1n) is 5.00. The van der Waals surface area contributed by atoms with Gasteiger partial charge in [-0.05, 0) is 29.5 Å². The monoisotopic (exact) mass is 273 g/mol. The lowest BCUT2D eigenvalue weighted by Crippen LogP contribution is -2.36. The first-order chi connectivity index (χ1) is 6.80. The molecular weight excluding hydrogens is 257 g/mol. The number of rotatable bonds is 2. The standard InChI is InChI=1S/C12H17BrFN/c1-12(2,3)11(15)6-8-4-5-9(14)7-10(8)13/h4-5,7,11H,6,15H2,1-3H3. The second kappa shape index (κ2) is 4.62. The summed E-state index contributed by atoms with van der Waals surface area (Å²) in [5.41, 5.74) is 7.19. The molecule has 1 aromatic carbocycles. The van der Waals surface area contributed by atoms with Crippen molar-refractivity contribution in [1.82, 2.24) is 0 Å². The van der Waals surface area contributed by atoms with Crippen LogP contribution in [0.15, 0.2) is 22.7 Å². The van der Waals surface area contributed by atoms with Gasteiger partial charge in [0.15, 0.2) is 0 Å². The predicted octanol–water partition coefficient (Wildman–Crippen LogP) is 3.50. The normalized spacial score (nSPS) is 14.0. The average Bonchev–Trinajstić information content (AvgIpc) is 2.08. The Morgan fingerprint density at radius 2 is 2.00 bits per heavy atom. The van der Waals surface area contributed by atoms with Gasteiger partial charge in [0, 0.05) is 10.5 Å². The Morgan fingerprint density at radius 3 is 2.47 bits per heavy atom. The molecule has 1 nitrogen and oxygen atoms in total. The van der Waals surface area contributed by atoms with Gasteiger partial charge < -0.3 is 5.73 Å². The maximum absolute atomic E-state index is 12.9. The van der Waals surface area contributed by atoms with E-state index in [0.29, 0.717) is 0 Å². The van der Waals surface area contributed by atoms with E-state index < -0.39 is 0 Å². The van der Waals surface area contributed by atoms with Gasteiger partial charge >= 0.3 is 0 Å². The van der Waals surface area contributed by atoms with E-state index in [-0.39, 0.29) is 17.3 Å². The molecule has 84 valence electrons. The molecule has 15 heavy (non-hydrogen) atoms. The number of hydrogen-bond donors (Lipinski definition) is 1. The third-order valence-corrected chi connectivity index (χ3v) is 3.31. The number of hydrogen-bond acceptors (Lipinski definition) is 1. The van der Waals surface area contributed by atoms with Gasteiger partial charge in [-0.2, -0.15) is 0 Å². The minimum atomic E-state index is -0.227. The van der Waals surface area contributed by atoms with Crippen LogP contribution in [-0.4, -0.2) is 6.04 Å². The first kappa shape index (κ1) is 12.7. The Morgan fingerprint density at radius 1 is 1.40 bits per heavy atom. The van der Waals surface area contributed by atoms with Crippen LogP contribution >= 0.6 is 15.9 Å². The lowest BCUT2D eigenvalue weighted by Gasteiger charge is -2.27.